The Kier molecular flexibility index (Phi) is 5.73. The Bertz CT molecular complexity index is 1020. The summed E-state index contributed by atoms with van der Waals surface area (Å²) in [5.74, 6) is 1.80. The van der Waals surface area contributed by atoms with Crippen molar-refractivity contribution in [2.75, 3.05) is 29.5 Å². The molecular formula is C23H27N3O3S. The van der Waals surface area contributed by atoms with Crippen LogP contribution in [-0.2, 0) is 13.0 Å². The number of Topliss-reactive ketones (excluding diaryl/α,β-unsaturated/α-hetero) is 1. The van der Waals surface area contributed by atoms with Gasteiger partial charge in [-0.05, 0) is 35.6 Å². The maximum Gasteiger partial charge on any atom is 0.261 e. The molecule has 1 aliphatic heterocycles. The zero-order valence-corrected chi connectivity index (χ0v) is 18.2. The summed E-state index contributed by atoms with van der Waals surface area (Å²) in [6.45, 7) is 6.44. The largest absolute Gasteiger partial charge is 0.370 e. The van der Waals surface area contributed by atoms with Crippen molar-refractivity contribution in [2.45, 2.75) is 33.2 Å². The summed E-state index contributed by atoms with van der Waals surface area (Å²) >= 11 is 1.98. The number of rotatable bonds is 4. The summed E-state index contributed by atoms with van der Waals surface area (Å²) in [6, 6.07) is 9.60. The molecule has 0 unspecified atom stereocenters. The highest BCUT2D eigenvalue weighted by molar-refractivity contribution is 7.99. The van der Waals surface area contributed by atoms with E-state index in [9.17, 15) is 14.4 Å². The van der Waals surface area contributed by atoms with Crippen molar-refractivity contribution in [3.05, 3.63) is 63.1 Å². The highest BCUT2D eigenvalue weighted by Crippen LogP contribution is 2.33. The van der Waals surface area contributed by atoms with Crippen molar-refractivity contribution in [1.29, 1.82) is 0 Å². The molecule has 1 fully saturated rings. The second-order valence-corrected chi connectivity index (χ2v) is 10.0. The van der Waals surface area contributed by atoms with Crippen LogP contribution in [0.25, 0.3) is 0 Å². The van der Waals surface area contributed by atoms with Crippen molar-refractivity contribution in [1.82, 2.24) is 10.3 Å². The minimum Gasteiger partial charge on any atom is -0.370 e. The molecule has 1 aromatic heterocycles. The molecular weight excluding hydrogens is 398 g/mol. The van der Waals surface area contributed by atoms with E-state index in [1.165, 1.54) is 11.8 Å². The molecule has 2 aromatic rings. The third kappa shape index (κ3) is 4.46. The van der Waals surface area contributed by atoms with Gasteiger partial charge in [0.05, 0.1) is 0 Å². The predicted octanol–water partition coefficient (Wildman–Crippen LogP) is 3.01. The van der Waals surface area contributed by atoms with Crippen LogP contribution in [-0.4, -0.2) is 41.3 Å². The van der Waals surface area contributed by atoms with Gasteiger partial charge in [-0.2, -0.15) is 11.8 Å². The van der Waals surface area contributed by atoms with Crippen molar-refractivity contribution < 1.29 is 9.59 Å². The van der Waals surface area contributed by atoms with Crippen LogP contribution in [0.15, 0.2) is 35.1 Å². The number of anilines is 1. The van der Waals surface area contributed by atoms with Gasteiger partial charge in [-0.15, -0.1) is 0 Å². The smallest absolute Gasteiger partial charge is 0.261 e. The topological polar surface area (TPSA) is 82.3 Å². The minimum absolute atomic E-state index is 0.00996. The van der Waals surface area contributed by atoms with Crippen molar-refractivity contribution >= 4 is 29.1 Å². The van der Waals surface area contributed by atoms with E-state index in [1.807, 2.05) is 37.7 Å². The molecule has 6 nitrogen and oxygen atoms in total. The van der Waals surface area contributed by atoms with Crippen LogP contribution in [0.2, 0.25) is 0 Å². The van der Waals surface area contributed by atoms with E-state index in [-0.39, 0.29) is 16.8 Å². The highest BCUT2D eigenvalue weighted by Gasteiger charge is 2.32. The molecule has 4 rings (SSSR count). The number of pyridine rings is 1. The van der Waals surface area contributed by atoms with Gasteiger partial charge in [-0.3, -0.25) is 14.4 Å². The predicted molar refractivity (Wildman–Crippen MR) is 121 cm³/mol. The van der Waals surface area contributed by atoms with E-state index in [1.54, 1.807) is 0 Å². The number of carbonyl (C=O) groups excluding carboxylic acids is 2. The van der Waals surface area contributed by atoms with Gasteiger partial charge in [-0.25, -0.2) is 0 Å². The average molecular weight is 426 g/mol. The van der Waals surface area contributed by atoms with Crippen LogP contribution in [0.5, 0.6) is 0 Å². The molecule has 1 aromatic carbocycles. The molecule has 2 N–H and O–H groups in total. The Morgan fingerprint density at radius 2 is 1.83 bits per heavy atom. The van der Waals surface area contributed by atoms with Crippen LogP contribution in [0.4, 0.5) is 5.69 Å². The number of fused-ring (bicyclic) bond motifs is 1. The fraction of sp³-hybridized carbons (Fsp3) is 0.435. The first-order valence-electron chi connectivity index (χ1n) is 10.3. The fourth-order valence-corrected chi connectivity index (χ4v) is 5.02. The summed E-state index contributed by atoms with van der Waals surface area (Å²) in [7, 11) is 0. The molecule has 0 spiro atoms. The van der Waals surface area contributed by atoms with Gasteiger partial charge >= 0.3 is 0 Å². The maximum absolute atomic E-state index is 12.6. The molecule has 0 atom stereocenters. The van der Waals surface area contributed by atoms with Crippen molar-refractivity contribution in [2.24, 2.45) is 5.41 Å². The van der Waals surface area contributed by atoms with Crippen molar-refractivity contribution in [3.8, 4) is 0 Å². The number of aromatic amines is 1. The summed E-state index contributed by atoms with van der Waals surface area (Å²) < 4.78 is 0. The van der Waals surface area contributed by atoms with Gasteiger partial charge in [0.25, 0.3) is 11.5 Å². The lowest BCUT2D eigenvalue weighted by Gasteiger charge is -2.29. The Hall–Kier alpha value is -2.54. The summed E-state index contributed by atoms with van der Waals surface area (Å²) in [5.41, 5.74) is 2.60. The molecule has 0 radical (unpaired) electrons. The number of thioether (sulfide) groups is 1. The van der Waals surface area contributed by atoms with E-state index >= 15 is 0 Å². The molecule has 1 saturated heterocycles. The Morgan fingerprint density at radius 3 is 2.53 bits per heavy atom. The van der Waals surface area contributed by atoms with Crippen LogP contribution in [0.3, 0.4) is 0 Å². The summed E-state index contributed by atoms with van der Waals surface area (Å²) in [5, 5.41) is 2.81. The van der Waals surface area contributed by atoms with E-state index in [0.717, 1.165) is 30.2 Å². The number of hydrogen-bond acceptors (Lipinski definition) is 5. The first-order chi connectivity index (χ1) is 14.3. The van der Waals surface area contributed by atoms with Crippen LogP contribution >= 0.6 is 11.8 Å². The summed E-state index contributed by atoms with van der Waals surface area (Å²) in [4.78, 5) is 42.7. The molecule has 0 bridgehead atoms. The molecule has 1 aliphatic carbocycles. The maximum atomic E-state index is 12.6. The van der Waals surface area contributed by atoms with E-state index in [4.69, 9.17) is 0 Å². The van der Waals surface area contributed by atoms with Gasteiger partial charge in [-0.1, -0.05) is 26.0 Å². The number of ketones is 1. The number of aromatic nitrogens is 1. The monoisotopic (exact) mass is 425 g/mol. The number of hydrogen-bond donors (Lipinski definition) is 2. The fourth-order valence-electron chi connectivity index (χ4n) is 4.12. The van der Waals surface area contributed by atoms with Gasteiger partial charge in [0.1, 0.15) is 5.56 Å². The Labute approximate surface area is 180 Å². The first kappa shape index (κ1) is 20.7. The average Bonchev–Trinajstić information content (AvgIpc) is 2.72. The lowest BCUT2D eigenvalue weighted by molar-refractivity contribution is 0.0910. The number of nitrogens with one attached hydrogen (secondary N) is 2. The second kappa shape index (κ2) is 8.30. The Morgan fingerprint density at radius 1 is 1.13 bits per heavy atom. The second-order valence-electron chi connectivity index (χ2n) is 8.79. The first-order valence-corrected chi connectivity index (χ1v) is 11.5. The molecule has 158 valence electrons. The number of amides is 1. The Balaban J connectivity index is 1.44. The van der Waals surface area contributed by atoms with Gasteiger partial charge in [0.15, 0.2) is 5.78 Å². The zero-order valence-electron chi connectivity index (χ0n) is 17.4. The van der Waals surface area contributed by atoms with Gasteiger partial charge in [0, 0.05) is 54.5 Å². The summed E-state index contributed by atoms with van der Waals surface area (Å²) in [6.07, 6.45) is 1.03. The van der Waals surface area contributed by atoms with Crippen molar-refractivity contribution in [3.63, 3.8) is 0 Å². The quantitative estimate of drug-likeness (QED) is 0.787. The SMILES string of the molecule is CC1(C)CC(=O)c2cc(C(=O)NCc3ccc(N4CCSCC4)cc3)c(=O)[nH]c2C1. The number of H-pyrrole nitrogens is 1. The minimum atomic E-state index is -0.464. The van der Waals surface area contributed by atoms with Gasteiger partial charge in [0.2, 0.25) is 0 Å². The zero-order chi connectivity index (χ0) is 21.3. The third-order valence-corrected chi connectivity index (χ3v) is 6.67. The molecule has 30 heavy (non-hydrogen) atoms. The van der Waals surface area contributed by atoms with E-state index in [0.29, 0.717) is 30.6 Å². The number of carbonyl (C=O) groups is 2. The molecule has 1 amide bonds. The standard InChI is InChI=1S/C23H27N3O3S/c1-23(2)12-19-17(20(27)13-23)11-18(22(29)25-19)21(28)24-14-15-3-5-16(6-4-15)26-7-9-30-10-8-26/h3-6,11H,7-10,12-14H2,1-2H3,(H,24,28)(H,25,29). The highest BCUT2D eigenvalue weighted by atomic mass is 32.2. The molecule has 2 aliphatic rings. The lowest BCUT2D eigenvalue weighted by atomic mass is 9.75. The van der Waals surface area contributed by atoms with Crippen LogP contribution in [0.1, 0.15) is 52.2 Å². The lowest BCUT2D eigenvalue weighted by Crippen LogP contribution is -2.34. The van der Waals surface area contributed by atoms with Gasteiger partial charge < -0.3 is 15.2 Å². The van der Waals surface area contributed by atoms with E-state index < -0.39 is 11.5 Å². The normalized spacial score (nSPS) is 18.1. The molecule has 2 heterocycles. The number of benzene rings is 1. The van der Waals surface area contributed by atoms with Crippen LogP contribution in [0, 0.1) is 5.41 Å². The molecule has 0 saturated carbocycles. The number of nitrogens with zero attached hydrogens (tertiary/aromatic N) is 1. The van der Waals surface area contributed by atoms with E-state index in [2.05, 4.69) is 27.3 Å². The third-order valence-electron chi connectivity index (χ3n) is 5.73. The molecule has 7 heteroatoms. The van der Waals surface area contributed by atoms with Crippen LogP contribution < -0.4 is 15.8 Å².